The van der Waals surface area contributed by atoms with Gasteiger partial charge in [0.15, 0.2) is 11.5 Å². The lowest BCUT2D eigenvalue weighted by Gasteiger charge is -2.25. The van der Waals surface area contributed by atoms with Crippen molar-refractivity contribution in [1.29, 1.82) is 0 Å². The molecule has 2 rings (SSSR count). The Morgan fingerprint density at radius 2 is 1.21 bits per heavy atom. The van der Waals surface area contributed by atoms with Gasteiger partial charge in [-0.2, -0.15) is 0 Å². The number of hydrogen-bond donors (Lipinski definition) is 4. The summed E-state index contributed by atoms with van der Waals surface area (Å²) in [5.74, 6) is -2.52. The Morgan fingerprint density at radius 1 is 0.862 bits per heavy atom. The summed E-state index contributed by atoms with van der Waals surface area (Å²) >= 11 is 0. The zero-order valence-corrected chi connectivity index (χ0v) is 16.6. The monoisotopic (exact) mass is 404 g/mol. The molecule has 10 nitrogen and oxygen atoms in total. The van der Waals surface area contributed by atoms with Gasteiger partial charge in [-0.15, -0.1) is 0 Å². The first-order chi connectivity index (χ1) is 13.4. The molecule has 0 aliphatic heterocycles. The molecular formula is C19H24N4O6. The Balaban J connectivity index is 2.00. The van der Waals surface area contributed by atoms with Gasteiger partial charge in [-0.25, -0.2) is 0 Å². The van der Waals surface area contributed by atoms with Gasteiger partial charge in [0.05, 0.1) is 11.1 Å². The van der Waals surface area contributed by atoms with E-state index in [0.29, 0.717) is 0 Å². The van der Waals surface area contributed by atoms with Crippen LogP contribution in [0.1, 0.15) is 34.6 Å². The molecule has 2 heterocycles. The molecule has 0 bridgehead atoms. The Hall–Kier alpha value is -3.56. The zero-order valence-electron chi connectivity index (χ0n) is 16.6. The largest absolute Gasteiger partial charge is 0.502 e. The molecule has 2 aromatic heterocycles. The number of aromatic nitrogens is 2. The molecule has 0 aromatic carbocycles. The number of aryl methyl sites for hydroxylation is 2. The fourth-order valence-corrected chi connectivity index (χ4v) is 2.49. The fourth-order valence-electron chi connectivity index (χ4n) is 2.49. The smallest absolute Gasteiger partial charge is 0.293 e. The maximum Gasteiger partial charge on any atom is 0.293 e. The highest BCUT2D eigenvalue weighted by Gasteiger charge is 2.23. The molecule has 0 radical (unpaired) electrons. The lowest BCUT2D eigenvalue weighted by Crippen LogP contribution is -2.42. The molecule has 0 saturated carbocycles. The van der Waals surface area contributed by atoms with Gasteiger partial charge < -0.3 is 30.0 Å². The lowest BCUT2D eigenvalue weighted by molar-refractivity contribution is 0.0917. The number of amides is 2. The van der Waals surface area contributed by atoms with Gasteiger partial charge >= 0.3 is 0 Å². The van der Waals surface area contributed by atoms with Crippen LogP contribution in [0.3, 0.4) is 0 Å². The van der Waals surface area contributed by atoms with Gasteiger partial charge in [0.25, 0.3) is 22.9 Å². The maximum absolute atomic E-state index is 12.3. The van der Waals surface area contributed by atoms with Crippen molar-refractivity contribution < 1.29 is 19.8 Å². The maximum atomic E-state index is 12.3. The van der Waals surface area contributed by atoms with Crippen LogP contribution in [0.5, 0.6) is 11.5 Å². The average molecular weight is 404 g/mol. The van der Waals surface area contributed by atoms with E-state index in [1.54, 1.807) is 13.8 Å². The van der Waals surface area contributed by atoms with Crippen LogP contribution < -0.4 is 21.8 Å². The molecule has 0 aliphatic rings. The van der Waals surface area contributed by atoms with E-state index in [2.05, 4.69) is 10.6 Å². The molecule has 2 aromatic rings. The van der Waals surface area contributed by atoms with Crippen LogP contribution in [-0.2, 0) is 14.1 Å². The molecule has 0 atom stereocenters. The highest BCUT2D eigenvalue weighted by atomic mass is 16.3. The Morgan fingerprint density at radius 3 is 1.55 bits per heavy atom. The van der Waals surface area contributed by atoms with E-state index in [0.717, 1.165) is 9.13 Å². The van der Waals surface area contributed by atoms with E-state index < -0.39 is 39.8 Å². The second-order valence-corrected chi connectivity index (χ2v) is 7.52. The highest BCUT2D eigenvalue weighted by Crippen LogP contribution is 2.16. The van der Waals surface area contributed by atoms with Gasteiger partial charge in [0.2, 0.25) is 0 Å². The van der Waals surface area contributed by atoms with Gasteiger partial charge in [-0.1, -0.05) is 13.8 Å². The van der Waals surface area contributed by atoms with Crippen molar-refractivity contribution in [3.63, 3.8) is 0 Å². The van der Waals surface area contributed by atoms with E-state index in [4.69, 9.17) is 0 Å². The van der Waals surface area contributed by atoms with Gasteiger partial charge in [-0.05, 0) is 17.5 Å². The molecule has 10 heteroatoms. The summed E-state index contributed by atoms with van der Waals surface area (Å²) in [6.45, 7) is 3.81. The third-order valence-corrected chi connectivity index (χ3v) is 4.43. The Labute approximate surface area is 166 Å². The van der Waals surface area contributed by atoms with Gasteiger partial charge in [0, 0.05) is 39.6 Å². The second-order valence-electron chi connectivity index (χ2n) is 7.52. The first-order valence-corrected chi connectivity index (χ1v) is 8.78. The van der Waals surface area contributed by atoms with Crippen LogP contribution in [0, 0.1) is 5.41 Å². The average Bonchev–Trinajstić information content (AvgIpc) is 2.67. The number of nitrogens with zero attached hydrogens (tertiary/aromatic N) is 2. The summed E-state index contributed by atoms with van der Waals surface area (Å²) in [6, 6.07) is 2.67. The van der Waals surface area contributed by atoms with E-state index >= 15 is 0 Å². The van der Waals surface area contributed by atoms with Crippen LogP contribution in [0.15, 0.2) is 34.1 Å². The molecule has 2 amide bonds. The summed E-state index contributed by atoms with van der Waals surface area (Å²) in [5.41, 5.74) is -2.25. The molecular weight excluding hydrogens is 380 g/mol. The summed E-state index contributed by atoms with van der Waals surface area (Å²) in [7, 11) is 2.91. The molecule has 0 saturated heterocycles. The number of carbonyl (C=O) groups is 2. The second kappa shape index (κ2) is 8.21. The number of carbonyl (C=O) groups excluding carboxylic acids is 2. The zero-order chi connectivity index (χ0) is 21.9. The number of rotatable bonds is 6. The molecule has 0 unspecified atom stereocenters. The molecule has 0 fully saturated rings. The van der Waals surface area contributed by atoms with Crippen molar-refractivity contribution in [2.45, 2.75) is 13.8 Å². The Kier molecular flexibility index (Phi) is 6.15. The molecule has 0 spiro atoms. The summed E-state index contributed by atoms with van der Waals surface area (Å²) in [4.78, 5) is 48.0. The van der Waals surface area contributed by atoms with Crippen molar-refractivity contribution in [3.8, 4) is 11.5 Å². The SMILES string of the molecule is Cn1ccc(C(=O)NCC(C)(C)CNC(=O)c2ccn(C)c(=O)c2O)c(O)c1=O. The molecule has 156 valence electrons. The quantitative estimate of drug-likeness (QED) is 0.520. The standard InChI is InChI=1S/C19H24N4O6/c1-19(2,9-20-15(26)11-5-7-22(3)17(28)13(11)24)10-21-16(27)12-6-8-23(4)18(29)14(12)25/h5-8,24-25H,9-10H2,1-4H3,(H,20,26)(H,21,27). The number of hydrogen-bond acceptors (Lipinski definition) is 6. The normalized spacial score (nSPS) is 11.2. The predicted molar refractivity (Wildman–Crippen MR) is 105 cm³/mol. The summed E-state index contributed by atoms with van der Waals surface area (Å²) in [5, 5.41) is 24.9. The summed E-state index contributed by atoms with van der Waals surface area (Å²) < 4.78 is 2.30. The van der Waals surface area contributed by atoms with Crippen molar-refractivity contribution in [2.75, 3.05) is 13.1 Å². The lowest BCUT2D eigenvalue weighted by atomic mass is 9.93. The molecule has 4 N–H and O–H groups in total. The third kappa shape index (κ3) is 4.84. The van der Waals surface area contributed by atoms with Crippen molar-refractivity contribution in [2.24, 2.45) is 19.5 Å². The van der Waals surface area contributed by atoms with Crippen LogP contribution >= 0.6 is 0 Å². The first kappa shape index (κ1) is 21.7. The molecule has 0 aliphatic carbocycles. The topological polar surface area (TPSA) is 143 Å². The highest BCUT2D eigenvalue weighted by molar-refractivity contribution is 5.97. The van der Waals surface area contributed by atoms with Crippen LogP contribution in [-0.4, -0.2) is 44.3 Å². The van der Waals surface area contributed by atoms with Crippen LogP contribution in [0.4, 0.5) is 0 Å². The minimum Gasteiger partial charge on any atom is -0.502 e. The van der Waals surface area contributed by atoms with Crippen molar-refractivity contribution in [1.82, 2.24) is 19.8 Å². The van der Waals surface area contributed by atoms with Crippen molar-refractivity contribution >= 4 is 11.8 Å². The Bertz CT molecular complexity index is 984. The number of pyridine rings is 2. The number of aromatic hydroxyl groups is 2. The van der Waals surface area contributed by atoms with Crippen molar-refractivity contribution in [3.05, 3.63) is 56.4 Å². The van der Waals surface area contributed by atoms with E-state index in [1.807, 2.05) is 0 Å². The number of nitrogens with one attached hydrogen (secondary N) is 2. The third-order valence-electron chi connectivity index (χ3n) is 4.43. The summed E-state index contributed by atoms with van der Waals surface area (Å²) in [6.07, 6.45) is 2.75. The van der Waals surface area contributed by atoms with E-state index in [-0.39, 0.29) is 24.2 Å². The van der Waals surface area contributed by atoms with Gasteiger partial charge in [0.1, 0.15) is 0 Å². The van der Waals surface area contributed by atoms with E-state index in [1.165, 1.54) is 38.6 Å². The minimum absolute atomic E-state index is 0.128. The fraction of sp³-hybridized carbons (Fsp3) is 0.368. The van der Waals surface area contributed by atoms with Crippen LogP contribution in [0.2, 0.25) is 0 Å². The minimum atomic E-state index is -0.682. The first-order valence-electron chi connectivity index (χ1n) is 8.78. The predicted octanol–water partition coefficient (Wildman–Crippen LogP) is -0.319. The van der Waals surface area contributed by atoms with Crippen LogP contribution in [0.25, 0.3) is 0 Å². The molecule has 29 heavy (non-hydrogen) atoms. The van der Waals surface area contributed by atoms with E-state index in [9.17, 15) is 29.4 Å². The van der Waals surface area contributed by atoms with Gasteiger partial charge in [-0.3, -0.25) is 19.2 Å².